The van der Waals surface area contributed by atoms with Gasteiger partial charge in [0.25, 0.3) is 0 Å². The van der Waals surface area contributed by atoms with Gasteiger partial charge in [-0.1, -0.05) is 24.0 Å². The Bertz CT molecular complexity index is 71.3. The second kappa shape index (κ2) is 3.68. The number of rotatable bonds is 1. The third-order valence-electron chi connectivity index (χ3n) is 0.237. The molecule has 0 aliphatic rings. The van der Waals surface area contributed by atoms with Crippen molar-refractivity contribution < 1.29 is 0 Å². The number of hydrogen-bond donors (Lipinski definition) is 3. The summed E-state index contributed by atoms with van der Waals surface area (Å²) in [4.78, 5) is 0. The van der Waals surface area contributed by atoms with E-state index in [4.69, 9.17) is 11.5 Å². The molecule has 0 fully saturated rings. The van der Waals surface area contributed by atoms with Gasteiger partial charge >= 0.3 is 0 Å². The fourth-order valence-electron chi connectivity index (χ4n) is 0.116. The van der Waals surface area contributed by atoms with Gasteiger partial charge < -0.3 is 11.5 Å². The summed E-state index contributed by atoms with van der Waals surface area (Å²) in [5.74, 6) is 0. The van der Waals surface area contributed by atoms with Crippen LogP contribution in [0.2, 0.25) is 0 Å². The summed E-state index contributed by atoms with van der Waals surface area (Å²) in [6, 6.07) is 0. The molecule has 0 aromatic rings. The third-order valence-corrected chi connectivity index (χ3v) is 1.32. The van der Waals surface area contributed by atoms with Crippen LogP contribution in [0.25, 0.3) is 0 Å². The van der Waals surface area contributed by atoms with E-state index in [1.807, 2.05) is 0 Å². The van der Waals surface area contributed by atoms with Crippen LogP contribution in [-0.2, 0) is 0 Å². The minimum Gasteiger partial charge on any atom is -0.307 e. The van der Waals surface area contributed by atoms with E-state index in [-0.39, 0.29) is 0 Å². The summed E-state index contributed by atoms with van der Waals surface area (Å²) in [7, 11) is 0. The van der Waals surface area contributed by atoms with E-state index in [2.05, 4.69) is 24.8 Å². The quantitative estimate of drug-likeness (QED) is 0.285. The predicted molar refractivity (Wildman–Crippen MR) is 41.3 cm³/mol. The molecule has 0 rings (SSSR count). The number of hydrogen-bond acceptors (Lipinski definition) is 4. The molecular formula is C2H6N2S3. The Labute approximate surface area is 57.4 Å². The summed E-state index contributed by atoms with van der Waals surface area (Å²) in [5.41, 5.74) is 9.77. The van der Waals surface area contributed by atoms with Gasteiger partial charge in [-0.05, 0) is 0 Å². The third kappa shape index (κ3) is 6.71. The minimum atomic E-state index is -0.426. The molecule has 0 radical (unpaired) electrons. The van der Waals surface area contributed by atoms with E-state index >= 15 is 0 Å². The zero-order valence-corrected chi connectivity index (χ0v) is 6.02. The maximum absolute atomic E-state index is 5.10. The van der Waals surface area contributed by atoms with E-state index in [1.165, 1.54) is 0 Å². The fraction of sp³-hybridized carbons (Fsp3) is 0.500. The second-order valence-corrected chi connectivity index (χ2v) is 3.76. The first kappa shape index (κ1) is 7.71. The molecule has 0 spiro atoms. The molecule has 42 valence electrons. The lowest BCUT2D eigenvalue weighted by Crippen LogP contribution is -2.26. The highest BCUT2D eigenvalue weighted by atomic mass is 32.2. The monoisotopic (exact) mass is 154 g/mol. The van der Waals surface area contributed by atoms with Crippen LogP contribution in [0.3, 0.4) is 0 Å². The van der Waals surface area contributed by atoms with Gasteiger partial charge in [0.15, 0.2) is 0 Å². The largest absolute Gasteiger partial charge is 0.307 e. The number of thiol groups is 1. The summed E-state index contributed by atoms with van der Waals surface area (Å²) in [6.45, 7) is 0. The Kier molecular flexibility index (Phi) is 4.05. The van der Waals surface area contributed by atoms with Crippen molar-refractivity contribution in [3.63, 3.8) is 0 Å². The normalized spacial score (nSPS) is 9.71. The number of thiocarbonyl (C=S) groups is 1. The molecule has 0 unspecified atom stereocenters. The Hall–Kier alpha value is 0.710. The SMILES string of the molecule is NC(N)SC(=S)S. The van der Waals surface area contributed by atoms with Crippen LogP contribution in [0.15, 0.2) is 0 Å². The van der Waals surface area contributed by atoms with Crippen LogP contribution < -0.4 is 11.5 Å². The molecule has 2 nitrogen and oxygen atoms in total. The standard InChI is InChI=1S/C2H6N2S3/c3-1(4)7-2(5)6/h1H,3-4H2,(H,5,6). The van der Waals surface area contributed by atoms with Crippen LogP contribution in [0.1, 0.15) is 0 Å². The van der Waals surface area contributed by atoms with Crippen LogP contribution in [0.4, 0.5) is 0 Å². The lowest BCUT2D eigenvalue weighted by Gasteiger charge is -1.98. The minimum absolute atomic E-state index is 0.426. The van der Waals surface area contributed by atoms with Gasteiger partial charge in [0.2, 0.25) is 0 Å². The molecule has 0 amide bonds. The van der Waals surface area contributed by atoms with Crippen molar-refractivity contribution >= 4 is 40.1 Å². The molecule has 7 heavy (non-hydrogen) atoms. The van der Waals surface area contributed by atoms with Crippen molar-refractivity contribution in [3.8, 4) is 0 Å². The zero-order chi connectivity index (χ0) is 5.86. The lowest BCUT2D eigenvalue weighted by molar-refractivity contribution is 0.996. The van der Waals surface area contributed by atoms with Crippen molar-refractivity contribution in [1.29, 1.82) is 0 Å². The van der Waals surface area contributed by atoms with Crippen LogP contribution >= 0.6 is 36.6 Å². The van der Waals surface area contributed by atoms with Gasteiger partial charge in [-0.15, -0.1) is 12.6 Å². The Morgan fingerprint density at radius 3 is 2.14 bits per heavy atom. The lowest BCUT2D eigenvalue weighted by atomic mass is 11.2. The summed E-state index contributed by atoms with van der Waals surface area (Å²) < 4.78 is 0.481. The first-order chi connectivity index (χ1) is 3.13. The first-order valence-electron chi connectivity index (χ1n) is 1.53. The molecule has 0 aromatic carbocycles. The summed E-state index contributed by atoms with van der Waals surface area (Å²) in [5, 5.41) is 0. The van der Waals surface area contributed by atoms with Crippen LogP contribution in [-0.4, -0.2) is 9.03 Å². The zero-order valence-electron chi connectivity index (χ0n) is 3.50. The van der Waals surface area contributed by atoms with E-state index < -0.39 is 5.50 Å². The molecule has 0 atom stereocenters. The van der Waals surface area contributed by atoms with Gasteiger partial charge in [0.05, 0.1) is 0 Å². The fourth-order valence-corrected chi connectivity index (χ4v) is 1.05. The maximum atomic E-state index is 5.10. The van der Waals surface area contributed by atoms with Crippen LogP contribution in [0, 0.1) is 0 Å². The van der Waals surface area contributed by atoms with Gasteiger partial charge in [-0.25, -0.2) is 0 Å². The highest BCUT2D eigenvalue weighted by Crippen LogP contribution is 2.06. The molecule has 0 heterocycles. The smallest absolute Gasteiger partial charge is 0.106 e. The van der Waals surface area contributed by atoms with Gasteiger partial charge in [0, 0.05) is 0 Å². The van der Waals surface area contributed by atoms with Crippen molar-refractivity contribution in [3.05, 3.63) is 0 Å². The van der Waals surface area contributed by atoms with E-state index in [1.54, 1.807) is 0 Å². The van der Waals surface area contributed by atoms with Crippen molar-refractivity contribution in [2.24, 2.45) is 11.5 Å². The number of nitrogens with two attached hydrogens (primary N) is 2. The molecule has 0 saturated carbocycles. The molecule has 0 saturated heterocycles. The molecule has 0 aliphatic heterocycles. The first-order valence-corrected chi connectivity index (χ1v) is 3.27. The summed E-state index contributed by atoms with van der Waals surface area (Å²) >= 11 is 9.47. The van der Waals surface area contributed by atoms with Gasteiger partial charge in [-0.2, -0.15) is 0 Å². The van der Waals surface area contributed by atoms with E-state index in [9.17, 15) is 0 Å². The average molecular weight is 154 g/mol. The Balaban J connectivity index is 3.13. The highest BCUT2D eigenvalue weighted by Gasteiger charge is 1.93. The molecule has 5 heteroatoms. The molecule has 0 aliphatic carbocycles. The topological polar surface area (TPSA) is 52.0 Å². The van der Waals surface area contributed by atoms with Crippen molar-refractivity contribution in [1.82, 2.24) is 0 Å². The Morgan fingerprint density at radius 1 is 1.71 bits per heavy atom. The second-order valence-electron chi connectivity index (χ2n) is 0.848. The molecule has 4 N–H and O–H groups in total. The van der Waals surface area contributed by atoms with E-state index in [0.717, 1.165) is 11.8 Å². The Morgan fingerprint density at radius 2 is 2.14 bits per heavy atom. The predicted octanol–water partition coefficient (Wildman–Crippen LogP) is 0.135. The average Bonchev–Trinajstić information content (AvgIpc) is 1.27. The van der Waals surface area contributed by atoms with Gasteiger partial charge in [-0.3, -0.25) is 0 Å². The summed E-state index contributed by atoms with van der Waals surface area (Å²) in [6.07, 6.45) is 0. The maximum Gasteiger partial charge on any atom is 0.106 e. The van der Waals surface area contributed by atoms with Gasteiger partial charge in [0.1, 0.15) is 9.03 Å². The molecular weight excluding hydrogens is 148 g/mol. The molecule has 0 bridgehead atoms. The van der Waals surface area contributed by atoms with Crippen molar-refractivity contribution in [2.45, 2.75) is 5.50 Å². The van der Waals surface area contributed by atoms with Crippen LogP contribution in [0.5, 0.6) is 0 Å². The molecule has 0 aromatic heterocycles. The highest BCUT2D eigenvalue weighted by molar-refractivity contribution is 8.41. The van der Waals surface area contributed by atoms with Crippen molar-refractivity contribution in [2.75, 3.05) is 0 Å². The number of thioether (sulfide) groups is 1. The van der Waals surface area contributed by atoms with E-state index in [0.29, 0.717) is 3.53 Å².